The molecule has 0 radical (unpaired) electrons. The zero-order valence-corrected chi connectivity index (χ0v) is 21.7. The third-order valence-electron chi connectivity index (χ3n) is 13.0. The maximum Gasteiger partial charge on any atom is 0.309 e. The number of carbonyl (C=O) groups is 1. The first kappa shape index (κ1) is 23.9. The zero-order valence-electron chi connectivity index (χ0n) is 21.7. The van der Waals surface area contributed by atoms with Gasteiger partial charge in [0.05, 0.1) is 17.1 Å². The molecule has 4 nitrogen and oxygen atoms in total. The van der Waals surface area contributed by atoms with E-state index in [9.17, 15) is 20.1 Å². The first-order valence-corrected chi connectivity index (χ1v) is 13.5. The Morgan fingerprint density at radius 3 is 2.24 bits per heavy atom. The van der Waals surface area contributed by atoms with Gasteiger partial charge < -0.3 is 15.3 Å². The lowest BCUT2D eigenvalue weighted by atomic mass is 9.34. The fourth-order valence-corrected chi connectivity index (χ4v) is 10.2. The van der Waals surface area contributed by atoms with Crippen LogP contribution in [-0.4, -0.2) is 33.0 Å². The molecule has 5 aliphatic rings. The predicted octanol–water partition coefficient (Wildman–Crippen LogP) is 5.96. The van der Waals surface area contributed by atoms with E-state index in [2.05, 4.69) is 33.8 Å². The van der Waals surface area contributed by atoms with Crippen LogP contribution >= 0.6 is 0 Å². The van der Waals surface area contributed by atoms with Gasteiger partial charge in [-0.2, -0.15) is 0 Å². The molecule has 10 atom stereocenters. The number of carboxylic acid groups (broad SMARTS) is 1. The van der Waals surface area contributed by atoms with Gasteiger partial charge in [-0.25, -0.2) is 0 Å². The van der Waals surface area contributed by atoms with Gasteiger partial charge in [0.15, 0.2) is 0 Å². The summed E-state index contributed by atoms with van der Waals surface area (Å²) in [4.78, 5) is 12.2. The van der Waals surface area contributed by atoms with Crippen LogP contribution in [0.1, 0.15) is 106 Å². The lowest BCUT2D eigenvalue weighted by Crippen LogP contribution is -2.66. The first-order valence-electron chi connectivity index (χ1n) is 13.5. The Labute approximate surface area is 200 Å². The van der Waals surface area contributed by atoms with Gasteiger partial charge in [0.25, 0.3) is 0 Å². The van der Waals surface area contributed by atoms with E-state index in [1.54, 1.807) is 5.57 Å². The molecule has 0 aromatic rings. The Balaban J connectivity index is 1.57. The van der Waals surface area contributed by atoms with E-state index in [0.29, 0.717) is 18.3 Å². The Bertz CT molecular complexity index is 892. The van der Waals surface area contributed by atoms with Crippen molar-refractivity contribution in [3.63, 3.8) is 0 Å². The third-order valence-corrected chi connectivity index (χ3v) is 13.0. The van der Waals surface area contributed by atoms with E-state index in [-0.39, 0.29) is 27.6 Å². The molecule has 0 heterocycles. The molecule has 0 saturated heterocycles. The molecule has 186 valence electrons. The number of aliphatic carboxylic acids is 1. The minimum Gasteiger partial charge on any atom is -0.481 e. The Morgan fingerprint density at radius 2 is 1.58 bits per heavy atom. The minimum atomic E-state index is -1.02. The highest BCUT2D eigenvalue weighted by molar-refractivity contribution is 5.74. The molecule has 4 heteroatoms. The summed E-state index contributed by atoms with van der Waals surface area (Å²) < 4.78 is 0. The van der Waals surface area contributed by atoms with Crippen LogP contribution in [0.25, 0.3) is 0 Å². The zero-order chi connectivity index (χ0) is 24.2. The lowest BCUT2D eigenvalue weighted by molar-refractivity contribution is -0.233. The third kappa shape index (κ3) is 2.86. The number of aliphatic hydroxyl groups excluding tert-OH is 1. The van der Waals surface area contributed by atoms with Crippen molar-refractivity contribution in [1.29, 1.82) is 0 Å². The molecule has 3 N–H and O–H groups in total. The molecular weight excluding hydrogens is 412 g/mol. The van der Waals surface area contributed by atoms with Gasteiger partial charge >= 0.3 is 5.97 Å². The van der Waals surface area contributed by atoms with Crippen molar-refractivity contribution in [3.05, 3.63) is 11.6 Å². The summed E-state index contributed by atoms with van der Waals surface area (Å²) in [6, 6.07) is 0. The summed E-state index contributed by atoms with van der Waals surface area (Å²) in [7, 11) is 0. The van der Waals surface area contributed by atoms with E-state index in [1.807, 2.05) is 13.8 Å². The number of hydrogen-bond donors (Lipinski definition) is 3. The van der Waals surface area contributed by atoms with Crippen LogP contribution in [0.15, 0.2) is 11.6 Å². The Hall–Kier alpha value is -0.870. The maximum absolute atomic E-state index is 12.2. The van der Waals surface area contributed by atoms with Crippen molar-refractivity contribution in [2.24, 2.45) is 44.8 Å². The van der Waals surface area contributed by atoms with Gasteiger partial charge in [0.1, 0.15) is 0 Å². The van der Waals surface area contributed by atoms with Gasteiger partial charge in [-0.15, -0.1) is 0 Å². The highest BCUT2D eigenvalue weighted by atomic mass is 16.4. The number of aliphatic hydroxyl groups is 2. The number of carboxylic acids is 1. The first-order chi connectivity index (χ1) is 15.1. The summed E-state index contributed by atoms with van der Waals surface area (Å²) in [6.07, 6.45) is 11.6. The van der Waals surface area contributed by atoms with Crippen molar-refractivity contribution in [1.82, 2.24) is 0 Å². The van der Waals surface area contributed by atoms with Crippen molar-refractivity contribution in [3.8, 4) is 0 Å². The molecule has 0 aliphatic heterocycles. The number of fused-ring (bicyclic) bond motifs is 7. The second-order valence-corrected chi connectivity index (χ2v) is 14.4. The second kappa shape index (κ2) is 6.87. The van der Waals surface area contributed by atoms with E-state index >= 15 is 0 Å². The molecule has 5 aliphatic carbocycles. The summed E-state index contributed by atoms with van der Waals surface area (Å²) in [5.41, 5.74) is 0.366. The molecular formula is C29H46O4. The van der Waals surface area contributed by atoms with Gasteiger partial charge in [-0.05, 0) is 117 Å². The molecule has 4 unspecified atom stereocenters. The van der Waals surface area contributed by atoms with E-state index in [0.717, 1.165) is 44.9 Å². The van der Waals surface area contributed by atoms with Crippen molar-refractivity contribution >= 4 is 5.97 Å². The number of hydrogen-bond acceptors (Lipinski definition) is 3. The summed E-state index contributed by atoms with van der Waals surface area (Å²) in [6.45, 7) is 13.7. The standard InChI is InChI=1S/C29H46O4/c1-24-13-14-25(2,23(31)32)17-19(24)18-7-8-20-26(3)11-10-22(30)29(6,33)21(26)9-12-28(20,5)27(18,4)16-15-24/h7,19-22,30,33H,8-17H2,1-6H3,(H,31,32)/t19-,20?,21?,22-,24+,25-,26+,27?,28+,29?/m0/s1. The molecule has 0 amide bonds. The van der Waals surface area contributed by atoms with Crippen LogP contribution in [0.3, 0.4) is 0 Å². The average molecular weight is 459 g/mol. The largest absolute Gasteiger partial charge is 0.481 e. The summed E-state index contributed by atoms with van der Waals surface area (Å²) in [5, 5.41) is 32.0. The van der Waals surface area contributed by atoms with Gasteiger partial charge in [-0.1, -0.05) is 39.3 Å². The minimum absolute atomic E-state index is 0.0175. The smallest absolute Gasteiger partial charge is 0.309 e. The molecule has 0 bridgehead atoms. The lowest BCUT2D eigenvalue weighted by Gasteiger charge is -2.71. The van der Waals surface area contributed by atoms with Crippen molar-refractivity contribution < 1.29 is 20.1 Å². The fourth-order valence-electron chi connectivity index (χ4n) is 10.2. The summed E-state index contributed by atoms with van der Waals surface area (Å²) in [5.74, 6) is 0.332. The Kier molecular flexibility index (Phi) is 4.97. The van der Waals surface area contributed by atoms with E-state index < -0.39 is 23.1 Å². The molecule has 0 aromatic carbocycles. The number of rotatable bonds is 1. The van der Waals surface area contributed by atoms with Crippen molar-refractivity contribution in [2.75, 3.05) is 0 Å². The molecule has 5 rings (SSSR count). The molecule has 33 heavy (non-hydrogen) atoms. The second-order valence-electron chi connectivity index (χ2n) is 14.4. The number of allylic oxidation sites excluding steroid dienone is 2. The molecule has 4 fully saturated rings. The van der Waals surface area contributed by atoms with Crippen LogP contribution in [0, 0.1) is 44.8 Å². The van der Waals surface area contributed by atoms with E-state index in [1.165, 1.54) is 12.8 Å². The highest BCUT2D eigenvalue weighted by Gasteiger charge is 2.68. The van der Waals surface area contributed by atoms with Crippen LogP contribution in [0.4, 0.5) is 0 Å². The van der Waals surface area contributed by atoms with Crippen LogP contribution < -0.4 is 0 Å². The summed E-state index contributed by atoms with van der Waals surface area (Å²) >= 11 is 0. The van der Waals surface area contributed by atoms with Crippen molar-refractivity contribution in [2.45, 2.75) is 117 Å². The van der Waals surface area contributed by atoms with Crippen LogP contribution in [-0.2, 0) is 4.79 Å². The maximum atomic E-state index is 12.2. The van der Waals surface area contributed by atoms with Crippen LogP contribution in [0.5, 0.6) is 0 Å². The SMILES string of the molecule is CC1(O)C2CC[C@]3(C)C(CC=C4[C@@H]5C[C@@](C)(C(=O)O)CC[C@]5(C)CCC43C)[C@@]2(C)CC[C@@H]1O. The fraction of sp³-hybridized carbons (Fsp3) is 0.897. The van der Waals surface area contributed by atoms with Gasteiger partial charge in [0, 0.05) is 0 Å². The van der Waals surface area contributed by atoms with Gasteiger partial charge in [-0.3, -0.25) is 4.79 Å². The van der Waals surface area contributed by atoms with Gasteiger partial charge in [0.2, 0.25) is 0 Å². The monoisotopic (exact) mass is 458 g/mol. The molecule has 0 spiro atoms. The van der Waals surface area contributed by atoms with Crippen LogP contribution in [0.2, 0.25) is 0 Å². The predicted molar refractivity (Wildman–Crippen MR) is 130 cm³/mol. The molecule has 0 aromatic heterocycles. The Morgan fingerprint density at radius 1 is 0.909 bits per heavy atom. The quantitative estimate of drug-likeness (QED) is 0.424. The average Bonchev–Trinajstić information content (AvgIpc) is 2.73. The highest BCUT2D eigenvalue weighted by Crippen LogP contribution is 2.75. The topological polar surface area (TPSA) is 77.8 Å². The molecule has 4 saturated carbocycles. The van der Waals surface area contributed by atoms with E-state index in [4.69, 9.17) is 0 Å². The normalized spacial score (nSPS) is 58.2.